The lowest BCUT2D eigenvalue weighted by atomic mass is 10.1. The van der Waals surface area contributed by atoms with E-state index in [2.05, 4.69) is 5.32 Å². The summed E-state index contributed by atoms with van der Waals surface area (Å²) < 4.78 is 19.8. The minimum Gasteiger partial charge on any atom is -0.397 e. The Morgan fingerprint density at radius 2 is 1.91 bits per heavy atom. The SMILES string of the molecule is Nc1cc(CS(=O)O)c(Cl)cc1Nc1ccc(CCO)cc1. The van der Waals surface area contributed by atoms with Crippen LogP contribution in [0.4, 0.5) is 17.1 Å². The summed E-state index contributed by atoms with van der Waals surface area (Å²) >= 11 is 4.14. The first kappa shape index (κ1) is 16.8. The Morgan fingerprint density at radius 3 is 2.50 bits per heavy atom. The third-order valence-corrected chi connectivity index (χ3v) is 4.04. The van der Waals surface area contributed by atoms with Crippen molar-refractivity contribution in [3.63, 3.8) is 0 Å². The van der Waals surface area contributed by atoms with E-state index >= 15 is 0 Å². The van der Waals surface area contributed by atoms with Crippen LogP contribution in [0.25, 0.3) is 0 Å². The molecule has 5 N–H and O–H groups in total. The number of hydrogen-bond donors (Lipinski definition) is 4. The average molecular weight is 341 g/mol. The smallest absolute Gasteiger partial charge is 0.157 e. The van der Waals surface area contributed by atoms with Gasteiger partial charge in [0.05, 0.1) is 17.1 Å². The highest BCUT2D eigenvalue weighted by Gasteiger charge is 2.09. The first-order chi connectivity index (χ1) is 10.5. The lowest BCUT2D eigenvalue weighted by molar-refractivity contribution is 0.299. The number of nitrogen functional groups attached to an aromatic ring is 1. The van der Waals surface area contributed by atoms with Crippen molar-refractivity contribution in [1.29, 1.82) is 0 Å². The van der Waals surface area contributed by atoms with Crippen LogP contribution in [0.3, 0.4) is 0 Å². The predicted molar refractivity (Wildman–Crippen MR) is 90.9 cm³/mol. The van der Waals surface area contributed by atoms with Crippen molar-refractivity contribution >= 4 is 39.7 Å². The number of rotatable bonds is 6. The van der Waals surface area contributed by atoms with Crippen molar-refractivity contribution in [3.05, 3.63) is 52.5 Å². The third kappa shape index (κ3) is 4.45. The summed E-state index contributed by atoms with van der Waals surface area (Å²) in [6.07, 6.45) is 0.612. The van der Waals surface area contributed by atoms with Crippen LogP contribution in [0.1, 0.15) is 11.1 Å². The van der Waals surface area contributed by atoms with Gasteiger partial charge in [0.15, 0.2) is 11.1 Å². The zero-order chi connectivity index (χ0) is 16.1. The summed E-state index contributed by atoms with van der Waals surface area (Å²) in [6.45, 7) is 0.114. The molecule has 0 bridgehead atoms. The van der Waals surface area contributed by atoms with Crippen molar-refractivity contribution in [2.24, 2.45) is 0 Å². The summed E-state index contributed by atoms with van der Waals surface area (Å²) in [6, 6.07) is 10.8. The maximum Gasteiger partial charge on any atom is 0.157 e. The second kappa shape index (κ2) is 7.60. The van der Waals surface area contributed by atoms with Gasteiger partial charge >= 0.3 is 0 Å². The van der Waals surface area contributed by atoms with E-state index in [0.29, 0.717) is 28.4 Å². The van der Waals surface area contributed by atoms with Gasteiger partial charge in [-0.3, -0.25) is 0 Å². The highest BCUT2D eigenvalue weighted by molar-refractivity contribution is 7.78. The Kier molecular flexibility index (Phi) is 5.79. The van der Waals surface area contributed by atoms with E-state index in [4.69, 9.17) is 27.0 Å². The topological polar surface area (TPSA) is 95.6 Å². The number of benzene rings is 2. The molecule has 0 saturated heterocycles. The Morgan fingerprint density at radius 1 is 1.23 bits per heavy atom. The van der Waals surface area contributed by atoms with E-state index < -0.39 is 11.1 Å². The van der Waals surface area contributed by atoms with Gasteiger partial charge in [0.25, 0.3) is 0 Å². The van der Waals surface area contributed by atoms with Gasteiger partial charge in [0.1, 0.15) is 0 Å². The zero-order valence-corrected chi connectivity index (χ0v) is 13.3. The summed E-state index contributed by atoms with van der Waals surface area (Å²) in [7, 11) is 0. The van der Waals surface area contributed by atoms with Crippen LogP contribution in [0, 0.1) is 0 Å². The molecule has 2 aromatic carbocycles. The molecule has 2 rings (SSSR count). The molecule has 0 aromatic heterocycles. The molecule has 0 spiro atoms. The van der Waals surface area contributed by atoms with Gasteiger partial charge in [-0.1, -0.05) is 23.7 Å². The Bertz CT molecular complexity index is 677. The molecule has 0 aliphatic heterocycles. The molecule has 0 heterocycles. The molecule has 0 amide bonds. The van der Waals surface area contributed by atoms with Crippen LogP contribution in [0.5, 0.6) is 0 Å². The van der Waals surface area contributed by atoms with Crippen molar-refractivity contribution in [3.8, 4) is 0 Å². The van der Waals surface area contributed by atoms with Crippen molar-refractivity contribution in [2.75, 3.05) is 17.7 Å². The van der Waals surface area contributed by atoms with Crippen LogP contribution in [0.2, 0.25) is 5.02 Å². The summed E-state index contributed by atoms with van der Waals surface area (Å²) in [5.41, 5.74) is 9.45. The Labute approximate surface area is 136 Å². The summed E-state index contributed by atoms with van der Waals surface area (Å²) in [5.74, 6) is -0.0564. The molecule has 1 atom stereocenters. The molecule has 2 aromatic rings. The Hall–Kier alpha value is -1.60. The molecule has 7 heteroatoms. The van der Waals surface area contributed by atoms with E-state index in [-0.39, 0.29) is 12.4 Å². The first-order valence-electron chi connectivity index (χ1n) is 6.61. The monoisotopic (exact) mass is 340 g/mol. The number of anilines is 3. The van der Waals surface area contributed by atoms with Gasteiger partial charge < -0.3 is 20.7 Å². The minimum absolute atomic E-state index is 0.0564. The van der Waals surface area contributed by atoms with E-state index in [1.807, 2.05) is 24.3 Å². The average Bonchev–Trinajstić information content (AvgIpc) is 2.46. The van der Waals surface area contributed by atoms with Gasteiger partial charge in [-0.15, -0.1) is 0 Å². The van der Waals surface area contributed by atoms with Crippen molar-refractivity contribution in [1.82, 2.24) is 0 Å². The second-order valence-electron chi connectivity index (χ2n) is 4.79. The fraction of sp³-hybridized carbons (Fsp3) is 0.200. The van der Waals surface area contributed by atoms with E-state index in [1.54, 1.807) is 12.1 Å². The van der Waals surface area contributed by atoms with E-state index in [9.17, 15) is 4.21 Å². The summed E-state index contributed by atoms with van der Waals surface area (Å²) in [4.78, 5) is 0. The van der Waals surface area contributed by atoms with Gasteiger partial charge in [-0.05, 0) is 41.8 Å². The van der Waals surface area contributed by atoms with Crippen molar-refractivity contribution in [2.45, 2.75) is 12.2 Å². The normalized spacial score (nSPS) is 12.1. The van der Waals surface area contributed by atoms with Crippen LogP contribution in [0.15, 0.2) is 36.4 Å². The van der Waals surface area contributed by atoms with Crippen molar-refractivity contribution < 1.29 is 13.9 Å². The van der Waals surface area contributed by atoms with Gasteiger partial charge in [-0.2, -0.15) is 0 Å². The zero-order valence-electron chi connectivity index (χ0n) is 11.8. The maximum absolute atomic E-state index is 10.9. The van der Waals surface area contributed by atoms with Gasteiger partial charge in [-0.25, -0.2) is 4.21 Å². The predicted octanol–water partition coefficient (Wildman–Crippen LogP) is 2.92. The fourth-order valence-electron chi connectivity index (χ4n) is 2.03. The molecule has 22 heavy (non-hydrogen) atoms. The fourth-order valence-corrected chi connectivity index (χ4v) is 2.84. The lowest BCUT2D eigenvalue weighted by Crippen LogP contribution is -2.01. The molecule has 1 unspecified atom stereocenters. The molecule has 118 valence electrons. The van der Waals surface area contributed by atoms with Gasteiger partial charge in [0, 0.05) is 17.3 Å². The number of hydrogen-bond acceptors (Lipinski definition) is 4. The van der Waals surface area contributed by atoms with E-state index in [0.717, 1.165) is 11.3 Å². The van der Waals surface area contributed by atoms with Crippen LogP contribution in [-0.2, 0) is 23.3 Å². The second-order valence-corrected chi connectivity index (χ2v) is 6.13. The number of aliphatic hydroxyl groups is 1. The highest BCUT2D eigenvalue weighted by Crippen LogP contribution is 2.30. The van der Waals surface area contributed by atoms with E-state index in [1.165, 1.54) is 0 Å². The molecular formula is C15H17ClN2O3S. The highest BCUT2D eigenvalue weighted by atomic mass is 35.5. The summed E-state index contributed by atoms with van der Waals surface area (Å²) in [5, 5.41) is 12.4. The van der Waals surface area contributed by atoms with Gasteiger partial charge in [0.2, 0.25) is 0 Å². The number of nitrogens with two attached hydrogens (primary N) is 1. The molecule has 0 fully saturated rings. The molecule has 0 aliphatic carbocycles. The van der Waals surface area contributed by atoms with Crippen LogP contribution >= 0.6 is 11.6 Å². The number of nitrogens with one attached hydrogen (secondary N) is 1. The maximum atomic E-state index is 10.9. The van der Waals surface area contributed by atoms with Crippen LogP contribution in [-0.4, -0.2) is 20.5 Å². The number of halogens is 1. The largest absolute Gasteiger partial charge is 0.397 e. The quantitative estimate of drug-likeness (QED) is 0.479. The molecule has 0 radical (unpaired) electrons. The molecule has 0 saturated carbocycles. The minimum atomic E-state index is -1.97. The standard InChI is InChI=1S/C15H17ClN2O3S/c16-13-8-15(14(17)7-11(13)9-22(20)21)18-12-3-1-10(2-4-12)5-6-19/h1-4,7-8,18-19H,5-6,9,17H2,(H,20,21). The number of aliphatic hydroxyl groups excluding tert-OH is 1. The van der Waals surface area contributed by atoms with Crippen LogP contribution < -0.4 is 11.1 Å². The molecular weight excluding hydrogens is 324 g/mol. The Balaban J connectivity index is 2.18. The third-order valence-electron chi connectivity index (χ3n) is 3.13. The lowest BCUT2D eigenvalue weighted by Gasteiger charge is -2.12. The molecule has 5 nitrogen and oxygen atoms in total. The molecule has 0 aliphatic rings. The first-order valence-corrected chi connectivity index (χ1v) is 8.27.